The van der Waals surface area contributed by atoms with Crippen LogP contribution in [0, 0.1) is 0 Å². The minimum absolute atomic E-state index is 0.382. The summed E-state index contributed by atoms with van der Waals surface area (Å²) in [6.45, 7) is 5.97. The van der Waals surface area contributed by atoms with Crippen LogP contribution < -0.4 is 5.32 Å². The Morgan fingerprint density at radius 2 is 1.56 bits per heavy atom. The summed E-state index contributed by atoms with van der Waals surface area (Å²) in [7, 11) is 3.83. The van der Waals surface area contributed by atoms with E-state index in [1.165, 1.54) is 0 Å². The van der Waals surface area contributed by atoms with Gasteiger partial charge in [-0.2, -0.15) is 13.2 Å². The molecule has 0 aromatic rings. The van der Waals surface area contributed by atoms with Crippen LogP contribution >= 0.6 is 0 Å². The molecule has 0 fully saturated rings. The standard InChI is InChI=1S/C12H24N2O4.C2HF3O2/c1-12(2,3)18-11(17)13-9(10(15)16)7-6-8-14(4)5;3-2(4,5)1(6)7/h9H,6-8H2,1-5H3,(H,13,17)(H,15,16);(H,6,7). The molecule has 0 saturated heterocycles. The zero-order chi connectivity index (χ0) is 20.4. The van der Waals surface area contributed by atoms with E-state index in [1.54, 1.807) is 20.8 Å². The van der Waals surface area contributed by atoms with Crippen LogP contribution in [0.4, 0.5) is 18.0 Å². The normalized spacial score (nSPS) is 12.7. The molecular formula is C14H25F3N2O6. The number of hydrogen-bond donors (Lipinski definition) is 3. The Labute approximate surface area is 143 Å². The number of aliphatic carboxylic acids is 2. The second kappa shape index (κ2) is 10.7. The number of alkyl halides is 3. The van der Waals surface area contributed by atoms with Gasteiger partial charge in [0.1, 0.15) is 11.6 Å². The van der Waals surface area contributed by atoms with Crippen molar-refractivity contribution in [1.82, 2.24) is 10.2 Å². The van der Waals surface area contributed by atoms with Gasteiger partial charge in [0.15, 0.2) is 0 Å². The number of carbonyl (C=O) groups excluding carboxylic acids is 1. The van der Waals surface area contributed by atoms with Crippen molar-refractivity contribution in [3.05, 3.63) is 0 Å². The fourth-order valence-corrected chi connectivity index (χ4v) is 1.32. The third kappa shape index (κ3) is 16.6. The number of halogens is 3. The van der Waals surface area contributed by atoms with E-state index >= 15 is 0 Å². The van der Waals surface area contributed by atoms with Crippen molar-refractivity contribution in [1.29, 1.82) is 0 Å². The summed E-state index contributed by atoms with van der Waals surface area (Å²) in [5.74, 6) is -3.80. The predicted molar refractivity (Wildman–Crippen MR) is 82.3 cm³/mol. The van der Waals surface area contributed by atoms with Crippen LogP contribution in [0.2, 0.25) is 0 Å². The zero-order valence-corrected chi connectivity index (χ0v) is 14.8. The molecule has 0 rings (SSSR count). The van der Waals surface area contributed by atoms with Gasteiger partial charge in [0.05, 0.1) is 0 Å². The second-order valence-electron chi connectivity index (χ2n) is 6.29. The number of nitrogens with zero attached hydrogens (tertiary/aromatic N) is 1. The van der Waals surface area contributed by atoms with Crippen molar-refractivity contribution in [2.75, 3.05) is 20.6 Å². The molecule has 0 aromatic carbocycles. The number of carbonyl (C=O) groups is 3. The summed E-state index contributed by atoms with van der Waals surface area (Å²) in [6.07, 6.45) is -4.70. The SMILES string of the molecule is CN(C)CCCC(NC(=O)OC(C)(C)C)C(=O)O.O=C(O)C(F)(F)F. The lowest BCUT2D eigenvalue weighted by Gasteiger charge is -2.22. The van der Waals surface area contributed by atoms with E-state index in [4.69, 9.17) is 19.7 Å². The molecule has 148 valence electrons. The number of alkyl carbamates (subject to hydrolysis) is 1. The summed E-state index contributed by atoms with van der Waals surface area (Å²) in [4.78, 5) is 33.3. The topological polar surface area (TPSA) is 116 Å². The van der Waals surface area contributed by atoms with Gasteiger partial charge in [0, 0.05) is 0 Å². The molecule has 0 saturated carbocycles. The zero-order valence-electron chi connectivity index (χ0n) is 14.8. The van der Waals surface area contributed by atoms with Gasteiger partial charge in [-0.25, -0.2) is 14.4 Å². The average molecular weight is 374 g/mol. The lowest BCUT2D eigenvalue weighted by atomic mass is 10.1. The van der Waals surface area contributed by atoms with E-state index in [0.717, 1.165) is 6.54 Å². The minimum Gasteiger partial charge on any atom is -0.480 e. The fourth-order valence-electron chi connectivity index (χ4n) is 1.32. The van der Waals surface area contributed by atoms with Gasteiger partial charge in [-0.05, 0) is 54.3 Å². The molecule has 3 N–H and O–H groups in total. The van der Waals surface area contributed by atoms with Crippen molar-refractivity contribution < 1.29 is 42.5 Å². The third-order valence-corrected chi connectivity index (χ3v) is 2.33. The first-order valence-electron chi connectivity index (χ1n) is 7.23. The quantitative estimate of drug-likeness (QED) is 0.650. The number of hydrogen-bond acceptors (Lipinski definition) is 5. The van der Waals surface area contributed by atoms with Gasteiger partial charge >= 0.3 is 24.2 Å². The number of carboxylic acids is 2. The first kappa shape index (κ1) is 25.2. The van der Waals surface area contributed by atoms with Crippen LogP contribution in [0.3, 0.4) is 0 Å². The molecule has 0 radical (unpaired) electrons. The van der Waals surface area contributed by atoms with Gasteiger partial charge in [-0.3, -0.25) is 0 Å². The van der Waals surface area contributed by atoms with E-state index in [-0.39, 0.29) is 0 Å². The van der Waals surface area contributed by atoms with Crippen LogP contribution in [0.1, 0.15) is 33.6 Å². The summed E-state index contributed by atoms with van der Waals surface area (Å²) >= 11 is 0. The highest BCUT2D eigenvalue weighted by Crippen LogP contribution is 2.13. The Morgan fingerprint density at radius 1 is 1.12 bits per heavy atom. The fraction of sp³-hybridized carbons (Fsp3) is 0.786. The Bertz CT molecular complexity index is 447. The highest BCUT2D eigenvalue weighted by atomic mass is 19.4. The van der Waals surface area contributed by atoms with Crippen LogP contribution in [0.25, 0.3) is 0 Å². The summed E-state index contributed by atoms with van der Waals surface area (Å²) in [5, 5.41) is 18.5. The average Bonchev–Trinajstić information content (AvgIpc) is 2.34. The maximum absolute atomic E-state index is 11.5. The number of carboxylic acid groups (broad SMARTS) is 2. The van der Waals surface area contributed by atoms with Crippen molar-refractivity contribution in [3.8, 4) is 0 Å². The summed E-state index contributed by atoms with van der Waals surface area (Å²) < 4.78 is 36.8. The Kier molecular flexibility index (Phi) is 10.8. The maximum atomic E-state index is 11.5. The molecule has 0 aliphatic heterocycles. The Balaban J connectivity index is 0. The molecule has 0 aliphatic rings. The van der Waals surface area contributed by atoms with Crippen LogP contribution in [0.15, 0.2) is 0 Å². The number of amides is 1. The molecule has 25 heavy (non-hydrogen) atoms. The molecule has 0 heterocycles. The number of rotatable bonds is 6. The van der Waals surface area contributed by atoms with Gasteiger partial charge in [0.2, 0.25) is 0 Å². The maximum Gasteiger partial charge on any atom is 0.490 e. The summed E-state index contributed by atoms with van der Waals surface area (Å²) in [5.41, 5.74) is -0.628. The smallest absolute Gasteiger partial charge is 0.480 e. The van der Waals surface area contributed by atoms with Gasteiger partial charge in [0.25, 0.3) is 0 Å². The van der Waals surface area contributed by atoms with Crippen molar-refractivity contribution in [2.45, 2.75) is 51.4 Å². The Hall–Kier alpha value is -2.04. The van der Waals surface area contributed by atoms with Crippen LogP contribution in [-0.4, -0.2) is 71.6 Å². The molecule has 1 atom stereocenters. The van der Waals surface area contributed by atoms with E-state index in [2.05, 4.69) is 5.32 Å². The molecule has 0 aromatic heterocycles. The molecule has 11 heteroatoms. The first-order valence-corrected chi connectivity index (χ1v) is 7.23. The summed E-state index contributed by atoms with van der Waals surface area (Å²) in [6, 6.07) is -0.903. The Morgan fingerprint density at radius 3 is 1.84 bits per heavy atom. The van der Waals surface area contributed by atoms with E-state index in [0.29, 0.717) is 12.8 Å². The molecular weight excluding hydrogens is 349 g/mol. The highest BCUT2D eigenvalue weighted by Gasteiger charge is 2.38. The van der Waals surface area contributed by atoms with Gasteiger partial charge < -0.3 is 25.2 Å². The van der Waals surface area contributed by atoms with Crippen molar-refractivity contribution >= 4 is 18.0 Å². The first-order chi connectivity index (χ1) is 11.1. The molecule has 1 unspecified atom stereocenters. The van der Waals surface area contributed by atoms with E-state index < -0.39 is 35.9 Å². The molecule has 8 nitrogen and oxygen atoms in total. The highest BCUT2D eigenvalue weighted by molar-refractivity contribution is 5.79. The lowest BCUT2D eigenvalue weighted by molar-refractivity contribution is -0.192. The minimum atomic E-state index is -5.08. The van der Waals surface area contributed by atoms with E-state index in [9.17, 15) is 22.8 Å². The molecule has 0 bridgehead atoms. The second-order valence-corrected chi connectivity index (χ2v) is 6.29. The van der Waals surface area contributed by atoms with E-state index in [1.807, 2.05) is 19.0 Å². The van der Waals surface area contributed by atoms with Gasteiger partial charge in [-0.1, -0.05) is 0 Å². The predicted octanol–water partition coefficient (Wildman–Crippen LogP) is 1.94. The van der Waals surface area contributed by atoms with Crippen molar-refractivity contribution in [3.63, 3.8) is 0 Å². The lowest BCUT2D eigenvalue weighted by Crippen LogP contribution is -2.43. The molecule has 0 aliphatic carbocycles. The molecule has 1 amide bonds. The number of nitrogens with one attached hydrogen (secondary N) is 1. The van der Waals surface area contributed by atoms with Crippen molar-refractivity contribution in [2.24, 2.45) is 0 Å². The molecule has 0 spiro atoms. The number of ether oxygens (including phenoxy) is 1. The third-order valence-electron chi connectivity index (χ3n) is 2.33. The van der Waals surface area contributed by atoms with Crippen LogP contribution in [-0.2, 0) is 14.3 Å². The monoisotopic (exact) mass is 374 g/mol. The largest absolute Gasteiger partial charge is 0.490 e. The van der Waals surface area contributed by atoms with Gasteiger partial charge in [-0.15, -0.1) is 0 Å². The van der Waals surface area contributed by atoms with Crippen LogP contribution in [0.5, 0.6) is 0 Å².